The first kappa shape index (κ1) is 20.2. The van der Waals surface area contributed by atoms with E-state index in [0.717, 1.165) is 30.5 Å². The number of halogens is 6. The molecule has 0 aliphatic heterocycles. The minimum absolute atomic E-state index is 0.0387. The van der Waals surface area contributed by atoms with Gasteiger partial charge in [0.1, 0.15) is 5.75 Å². The second-order valence-electron chi connectivity index (χ2n) is 5.53. The molecule has 0 aliphatic rings. The van der Waals surface area contributed by atoms with Crippen LogP contribution in [-0.4, -0.2) is 27.0 Å². The number of anilines is 1. The fraction of sp³-hybridized carbons (Fsp3) is 0.118. The second kappa shape index (κ2) is 7.45. The van der Waals surface area contributed by atoms with Crippen LogP contribution in [0.5, 0.6) is 5.75 Å². The number of ether oxygens (including phenoxy) is 1. The lowest BCUT2D eigenvalue weighted by atomic mass is 10.2. The third-order valence-electron chi connectivity index (χ3n) is 3.49. The van der Waals surface area contributed by atoms with Crippen molar-refractivity contribution in [1.82, 2.24) is 14.8 Å². The van der Waals surface area contributed by atoms with Crippen LogP contribution in [0.4, 0.5) is 32.0 Å². The van der Waals surface area contributed by atoms with E-state index in [1.165, 1.54) is 24.4 Å². The quantitative estimate of drug-likeness (QED) is 0.639. The topological polar surface area (TPSA) is 69.0 Å². The highest BCUT2D eigenvalue weighted by Crippen LogP contribution is 2.33. The lowest BCUT2D eigenvalue weighted by Crippen LogP contribution is -2.21. The number of pyridine rings is 1. The molecule has 0 unspecified atom stereocenters. The first-order valence-electron chi connectivity index (χ1n) is 7.78. The van der Waals surface area contributed by atoms with Crippen molar-refractivity contribution in [2.75, 3.05) is 5.32 Å². The molecule has 0 radical (unpaired) electrons. The zero-order valence-electron chi connectivity index (χ0n) is 14.1. The van der Waals surface area contributed by atoms with Crippen LogP contribution in [0.2, 0.25) is 0 Å². The van der Waals surface area contributed by atoms with Crippen molar-refractivity contribution in [1.29, 1.82) is 0 Å². The van der Waals surface area contributed by atoms with Crippen LogP contribution in [0.25, 0.3) is 5.82 Å². The van der Waals surface area contributed by atoms with E-state index in [1.807, 2.05) is 0 Å². The van der Waals surface area contributed by atoms with Crippen LogP contribution in [0.15, 0.2) is 54.9 Å². The van der Waals surface area contributed by atoms with Gasteiger partial charge >= 0.3 is 12.5 Å². The number of benzene rings is 1. The van der Waals surface area contributed by atoms with Crippen LogP contribution in [0.1, 0.15) is 16.1 Å². The summed E-state index contributed by atoms with van der Waals surface area (Å²) < 4.78 is 81.3. The maximum atomic E-state index is 13.5. The molecule has 0 aliphatic carbocycles. The Labute approximate surface area is 158 Å². The molecule has 152 valence electrons. The standard InChI is InChI=1S/C17H10F6N4O2/c18-16(19,20)14-12(9-25-27(14)13-3-1-2-8-24-13)15(28)26-10-4-6-11(7-5-10)29-17(21,22)23/h1-9H,(H,26,28). The van der Waals surface area contributed by atoms with Gasteiger partial charge in [-0.15, -0.1) is 13.2 Å². The fourth-order valence-corrected chi connectivity index (χ4v) is 2.38. The molecule has 0 saturated heterocycles. The maximum Gasteiger partial charge on any atom is 0.573 e. The Morgan fingerprint density at radius 1 is 1.00 bits per heavy atom. The predicted molar refractivity (Wildman–Crippen MR) is 87.4 cm³/mol. The lowest BCUT2D eigenvalue weighted by molar-refractivity contribution is -0.274. The Hall–Kier alpha value is -3.57. The summed E-state index contributed by atoms with van der Waals surface area (Å²) in [7, 11) is 0. The highest BCUT2D eigenvalue weighted by Gasteiger charge is 2.41. The normalized spacial score (nSPS) is 11.9. The third-order valence-corrected chi connectivity index (χ3v) is 3.49. The number of hydrogen-bond acceptors (Lipinski definition) is 4. The van der Waals surface area contributed by atoms with Gasteiger partial charge in [-0.3, -0.25) is 4.79 Å². The van der Waals surface area contributed by atoms with Crippen LogP contribution >= 0.6 is 0 Å². The van der Waals surface area contributed by atoms with Gasteiger partial charge in [0, 0.05) is 11.9 Å². The van der Waals surface area contributed by atoms with Gasteiger partial charge in [0.2, 0.25) is 0 Å². The molecule has 1 N–H and O–H groups in total. The molecule has 3 rings (SSSR count). The number of nitrogens with one attached hydrogen (secondary N) is 1. The third kappa shape index (κ3) is 4.83. The minimum Gasteiger partial charge on any atom is -0.406 e. The summed E-state index contributed by atoms with van der Waals surface area (Å²) >= 11 is 0. The van der Waals surface area contributed by atoms with Gasteiger partial charge in [-0.25, -0.2) is 9.67 Å². The first-order valence-corrected chi connectivity index (χ1v) is 7.78. The van der Waals surface area contributed by atoms with E-state index in [2.05, 4.69) is 20.1 Å². The number of rotatable bonds is 4. The van der Waals surface area contributed by atoms with Gasteiger partial charge in [0.15, 0.2) is 11.5 Å². The number of carbonyl (C=O) groups is 1. The molecule has 29 heavy (non-hydrogen) atoms. The Morgan fingerprint density at radius 2 is 1.69 bits per heavy atom. The zero-order chi connectivity index (χ0) is 21.2. The largest absolute Gasteiger partial charge is 0.573 e. The Morgan fingerprint density at radius 3 is 2.24 bits per heavy atom. The molecule has 0 bridgehead atoms. The van der Waals surface area contributed by atoms with Crippen molar-refractivity contribution in [3.63, 3.8) is 0 Å². The monoisotopic (exact) mass is 416 g/mol. The van der Waals surface area contributed by atoms with Gasteiger partial charge in [-0.05, 0) is 36.4 Å². The van der Waals surface area contributed by atoms with E-state index < -0.39 is 35.5 Å². The average Bonchev–Trinajstić information content (AvgIpc) is 3.09. The Kier molecular flexibility index (Phi) is 5.18. The molecule has 12 heteroatoms. The Balaban J connectivity index is 1.87. The second-order valence-corrected chi connectivity index (χ2v) is 5.53. The maximum absolute atomic E-state index is 13.5. The number of alkyl halides is 6. The van der Waals surface area contributed by atoms with Crippen molar-refractivity contribution in [3.8, 4) is 11.6 Å². The van der Waals surface area contributed by atoms with Crippen LogP contribution < -0.4 is 10.1 Å². The molecule has 3 aromatic rings. The molecule has 0 saturated carbocycles. The number of hydrogen-bond donors (Lipinski definition) is 1. The summed E-state index contributed by atoms with van der Waals surface area (Å²) in [4.78, 5) is 16.1. The van der Waals surface area contributed by atoms with E-state index in [1.54, 1.807) is 0 Å². The smallest absolute Gasteiger partial charge is 0.406 e. The van der Waals surface area contributed by atoms with Crippen molar-refractivity contribution < 1.29 is 35.9 Å². The summed E-state index contributed by atoms with van der Waals surface area (Å²) in [6.07, 6.45) is -7.83. The average molecular weight is 416 g/mol. The Bertz CT molecular complexity index is 998. The number of carbonyl (C=O) groups excluding carboxylic acids is 1. The molecule has 0 atom stereocenters. The summed E-state index contributed by atoms with van der Waals surface area (Å²) in [6, 6.07) is 8.15. The van der Waals surface area contributed by atoms with E-state index in [9.17, 15) is 31.1 Å². The molecule has 0 fully saturated rings. The molecule has 1 amide bonds. The summed E-state index contributed by atoms with van der Waals surface area (Å²) in [5, 5.41) is 5.77. The lowest BCUT2D eigenvalue weighted by Gasteiger charge is -2.12. The molecule has 1 aromatic carbocycles. The van der Waals surface area contributed by atoms with Crippen LogP contribution in [-0.2, 0) is 6.18 Å². The number of amides is 1. The SMILES string of the molecule is O=C(Nc1ccc(OC(F)(F)F)cc1)c1cnn(-c2ccccn2)c1C(F)(F)F. The number of nitrogens with zero attached hydrogens (tertiary/aromatic N) is 3. The van der Waals surface area contributed by atoms with Crippen molar-refractivity contribution in [2.45, 2.75) is 12.5 Å². The van der Waals surface area contributed by atoms with Crippen molar-refractivity contribution >= 4 is 11.6 Å². The van der Waals surface area contributed by atoms with E-state index in [0.29, 0.717) is 4.68 Å². The highest BCUT2D eigenvalue weighted by atomic mass is 19.4. The fourth-order valence-electron chi connectivity index (χ4n) is 2.38. The van der Waals surface area contributed by atoms with E-state index in [4.69, 9.17) is 0 Å². The van der Waals surface area contributed by atoms with Gasteiger partial charge in [-0.2, -0.15) is 18.3 Å². The minimum atomic E-state index is -4.93. The van der Waals surface area contributed by atoms with Gasteiger partial charge in [0.25, 0.3) is 5.91 Å². The predicted octanol–water partition coefficient (Wildman–Crippen LogP) is 4.44. The molecule has 2 heterocycles. The zero-order valence-corrected chi connectivity index (χ0v) is 14.1. The molecule has 0 spiro atoms. The van der Waals surface area contributed by atoms with Gasteiger partial charge < -0.3 is 10.1 Å². The molecule has 2 aromatic heterocycles. The van der Waals surface area contributed by atoms with E-state index >= 15 is 0 Å². The molecular formula is C17H10F6N4O2. The van der Waals surface area contributed by atoms with E-state index in [-0.39, 0.29) is 11.5 Å². The summed E-state index contributed by atoms with van der Waals surface area (Å²) in [5.74, 6) is -1.84. The van der Waals surface area contributed by atoms with Crippen LogP contribution in [0.3, 0.4) is 0 Å². The first-order chi connectivity index (χ1) is 13.5. The van der Waals surface area contributed by atoms with Crippen LogP contribution in [0, 0.1) is 0 Å². The highest BCUT2D eigenvalue weighted by molar-refractivity contribution is 6.05. The van der Waals surface area contributed by atoms with Crippen molar-refractivity contribution in [3.05, 3.63) is 66.1 Å². The summed E-state index contributed by atoms with van der Waals surface area (Å²) in [6.45, 7) is 0. The van der Waals surface area contributed by atoms with Gasteiger partial charge in [0.05, 0.1) is 11.8 Å². The number of aromatic nitrogens is 3. The summed E-state index contributed by atoms with van der Waals surface area (Å²) in [5.41, 5.74) is -2.16. The van der Waals surface area contributed by atoms with Crippen molar-refractivity contribution in [2.24, 2.45) is 0 Å². The molecule has 6 nitrogen and oxygen atoms in total. The van der Waals surface area contributed by atoms with Gasteiger partial charge in [-0.1, -0.05) is 6.07 Å². The molecular weight excluding hydrogens is 406 g/mol.